The Morgan fingerprint density at radius 1 is 1.55 bits per heavy atom. The van der Waals surface area contributed by atoms with Crippen molar-refractivity contribution in [2.45, 2.75) is 4.90 Å². The third-order valence-electron chi connectivity index (χ3n) is 1.16. The quantitative estimate of drug-likeness (QED) is 0.672. The molecule has 0 aliphatic carbocycles. The highest BCUT2D eigenvalue weighted by Gasteiger charge is 2.10. The minimum Gasteiger partial charge on any atom is -0.380 e. The summed E-state index contributed by atoms with van der Waals surface area (Å²) in [6, 6.07) is 2.89. The van der Waals surface area contributed by atoms with Crippen LogP contribution in [0, 0.1) is 0 Å². The fourth-order valence-electron chi connectivity index (χ4n) is 0.606. The van der Waals surface area contributed by atoms with Crippen molar-refractivity contribution in [2.24, 2.45) is 0 Å². The Bertz CT molecular complexity index is 319. The maximum atomic E-state index is 10.9. The fourth-order valence-corrected chi connectivity index (χ4v) is 1.26. The minimum atomic E-state index is -3.51. The zero-order valence-electron chi connectivity index (χ0n) is 5.64. The summed E-state index contributed by atoms with van der Waals surface area (Å²) in [5, 5.41) is 8.43. The first-order valence-corrected chi connectivity index (χ1v) is 4.56. The van der Waals surface area contributed by atoms with Gasteiger partial charge in [-0.1, -0.05) is 0 Å². The Morgan fingerprint density at radius 2 is 2.27 bits per heavy atom. The predicted octanol–water partition coefficient (Wildman–Crippen LogP) is -0.195. The van der Waals surface area contributed by atoms with Gasteiger partial charge in [-0.05, 0) is 12.1 Å². The average Bonchev–Trinajstić information content (AvgIpc) is 2.06. The fraction of sp³-hybridized carbons (Fsp3) is 0.167. The van der Waals surface area contributed by atoms with Crippen LogP contribution in [-0.4, -0.2) is 24.4 Å². The molecule has 0 aliphatic rings. The van der Waals surface area contributed by atoms with Crippen LogP contribution in [0.1, 0.15) is 0 Å². The number of sulfone groups is 1. The number of pyridine rings is 1. The van der Waals surface area contributed by atoms with Crippen LogP contribution in [-0.2, 0) is 9.84 Å². The molecule has 0 spiro atoms. The molecular weight excluding hydrogens is 166 g/mol. The molecule has 1 aromatic heterocycles. The number of hydrogen-bond acceptors (Lipinski definition) is 4. The molecule has 1 N–H and O–H groups in total. The second-order valence-electron chi connectivity index (χ2n) is 1.93. The second kappa shape index (κ2) is 2.98. The Balaban J connectivity index is 3.14. The van der Waals surface area contributed by atoms with Crippen LogP contribution in [0.4, 0.5) is 0 Å². The molecule has 0 aromatic carbocycles. The molecule has 0 saturated carbocycles. The molecule has 5 heteroatoms. The van der Waals surface area contributed by atoms with Crippen LogP contribution in [0.2, 0.25) is 0 Å². The van der Waals surface area contributed by atoms with E-state index in [2.05, 4.69) is 4.98 Å². The number of aromatic nitrogens is 1. The van der Waals surface area contributed by atoms with Crippen molar-refractivity contribution in [3.8, 4) is 0 Å². The summed E-state index contributed by atoms with van der Waals surface area (Å²) < 4.78 is 21.8. The summed E-state index contributed by atoms with van der Waals surface area (Å²) in [6.07, 6.45) is 2.67. The Hall–Kier alpha value is -0.940. The molecule has 0 radical (unpaired) electrons. The lowest BCUT2D eigenvalue weighted by atomic mass is 10.5. The van der Waals surface area contributed by atoms with E-state index in [-0.39, 0.29) is 4.90 Å². The van der Waals surface area contributed by atoms with Crippen LogP contribution >= 0.6 is 0 Å². The Labute approximate surface area is 64.4 Å². The monoisotopic (exact) mass is 173 g/mol. The lowest BCUT2D eigenvalue weighted by Crippen LogP contribution is -2.05. The van der Waals surface area contributed by atoms with Crippen LogP contribution in [0.15, 0.2) is 29.4 Å². The van der Waals surface area contributed by atoms with Crippen molar-refractivity contribution in [1.82, 2.24) is 4.98 Å². The van der Waals surface area contributed by atoms with E-state index in [9.17, 15) is 8.42 Å². The van der Waals surface area contributed by atoms with Gasteiger partial charge < -0.3 is 5.11 Å². The third kappa shape index (κ3) is 1.75. The number of nitrogens with zero attached hydrogens (tertiary/aromatic N) is 1. The van der Waals surface area contributed by atoms with E-state index in [0.717, 1.165) is 0 Å². The summed E-state index contributed by atoms with van der Waals surface area (Å²) in [5.41, 5.74) is 0. The molecule has 4 nitrogen and oxygen atoms in total. The SMILES string of the molecule is O=S(=O)(CO)c1cccnc1. The lowest BCUT2D eigenvalue weighted by molar-refractivity contribution is 0.358. The van der Waals surface area contributed by atoms with E-state index in [4.69, 9.17) is 5.11 Å². The summed E-state index contributed by atoms with van der Waals surface area (Å²) in [6.45, 7) is 0. The van der Waals surface area contributed by atoms with Gasteiger partial charge in [-0.25, -0.2) is 8.42 Å². The first kappa shape index (κ1) is 8.16. The summed E-state index contributed by atoms with van der Waals surface area (Å²) in [5.74, 6) is -0.876. The van der Waals surface area contributed by atoms with Crippen molar-refractivity contribution in [3.63, 3.8) is 0 Å². The zero-order valence-corrected chi connectivity index (χ0v) is 6.45. The van der Waals surface area contributed by atoms with Gasteiger partial charge in [-0.15, -0.1) is 0 Å². The Morgan fingerprint density at radius 3 is 2.73 bits per heavy atom. The predicted molar refractivity (Wildman–Crippen MR) is 38.5 cm³/mol. The lowest BCUT2D eigenvalue weighted by Gasteiger charge is -1.96. The van der Waals surface area contributed by atoms with Gasteiger partial charge in [0.2, 0.25) is 9.84 Å². The van der Waals surface area contributed by atoms with Gasteiger partial charge in [-0.3, -0.25) is 4.98 Å². The number of hydrogen-bond donors (Lipinski definition) is 1. The maximum absolute atomic E-state index is 10.9. The molecule has 60 valence electrons. The van der Waals surface area contributed by atoms with Crippen molar-refractivity contribution in [1.29, 1.82) is 0 Å². The van der Waals surface area contributed by atoms with Gasteiger partial charge in [0.25, 0.3) is 0 Å². The average molecular weight is 173 g/mol. The first-order chi connectivity index (χ1) is 5.17. The molecule has 0 unspecified atom stereocenters. The van der Waals surface area contributed by atoms with E-state index in [1.54, 1.807) is 0 Å². The molecule has 1 rings (SSSR count). The van der Waals surface area contributed by atoms with Crippen molar-refractivity contribution in [2.75, 3.05) is 5.94 Å². The summed E-state index contributed by atoms with van der Waals surface area (Å²) in [4.78, 5) is 3.65. The van der Waals surface area contributed by atoms with Crippen LogP contribution < -0.4 is 0 Å². The van der Waals surface area contributed by atoms with Gasteiger partial charge in [0.15, 0.2) is 0 Å². The van der Waals surface area contributed by atoms with Gasteiger partial charge in [0.05, 0.1) is 4.90 Å². The van der Waals surface area contributed by atoms with Crippen LogP contribution in [0.3, 0.4) is 0 Å². The minimum absolute atomic E-state index is 0.0440. The van der Waals surface area contributed by atoms with Gasteiger partial charge >= 0.3 is 0 Å². The smallest absolute Gasteiger partial charge is 0.203 e. The molecule has 0 atom stereocenters. The Kier molecular flexibility index (Phi) is 2.21. The molecule has 0 bridgehead atoms. The maximum Gasteiger partial charge on any atom is 0.203 e. The van der Waals surface area contributed by atoms with E-state index in [1.807, 2.05) is 0 Å². The normalized spacial score (nSPS) is 11.4. The number of aliphatic hydroxyl groups is 1. The van der Waals surface area contributed by atoms with Crippen LogP contribution in [0.25, 0.3) is 0 Å². The molecule has 11 heavy (non-hydrogen) atoms. The highest BCUT2D eigenvalue weighted by atomic mass is 32.2. The molecule has 1 heterocycles. The van der Waals surface area contributed by atoms with Crippen LogP contribution in [0.5, 0.6) is 0 Å². The van der Waals surface area contributed by atoms with Gasteiger partial charge in [0.1, 0.15) is 5.94 Å². The number of rotatable bonds is 2. The molecule has 0 aliphatic heterocycles. The van der Waals surface area contributed by atoms with Gasteiger partial charge in [-0.2, -0.15) is 0 Å². The van der Waals surface area contributed by atoms with E-state index in [1.165, 1.54) is 24.5 Å². The van der Waals surface area contributed by atoms with Crippen molar-refractivity contribution >= 4 is 9.84 Å². The number of aliphatic hydroxyl groups excluding tert-OH is 1. The topological polar surface area (TPSA) is 67.3 Å². The molecule has 1 aromatic rings. The van der Waals surface area contributed by atoms with E-state index < -0.39 is 15.8 Å². The van der Waals surface area contributed by atoms with Crippen molar-refractivity contribution < 1.29 is 13.5 Å². The third-order valence-corrected chi connectivity index (χ3v) is 2.46. The second-order valence-corrected chi connectivity index (χ2v) is 3.89. The zero-order chi connectivity index (χ0) is 8.32. The first-order valence-electron chi connectivity index (χ1n) is 2.90. The standard InChI is InChI=1S/C6H7NO3S/c8-5-11(9,10)6-2-1-3-7-4-6/h1-4,8H,5H2. The van der Waals surface area contributed by atoms with Crippen molar-refractivity contribution in [3.05, 3.63) is 24.5 Å². The molecular formula is C6H7NO3S. The largest absolute Gasteiger partial charge is 0.380 e. The van der Waals surface area contributed by atoms with Gasteiger partial charge in [0, 0.05) is 12.4 Å². The highest BCUT2D eigenvalue weighted by Crippen LogP contribution is 2.06. The molecule has 0 saturated heterocycles. The summed E-state index contributed by atoms with van der Waals surface area (Å²) >= 11 is 0. The molecule has 0 amide bonds. The summed E-state index contributed by atoms with van der Waals surface area (Å²) in [7, 11) is -3.51. The van der Waals surface area contributed by atoms with E-state index >= 15 is 0 Å². The van der Waals surface area contributed by atoms with E-state index in [0.29, 0.717) is 0 Å². The highest BCUT2D eigenvalue weighted by molar-refractivity contribution is 7.91. The molecule has 0 fully saturated rings.